The van der Waals surface area contributed by atoms with Crippen LogP contribution in [0, 0.1) is 0 Å². The lowest BCUT2D eigenvalue weighted by Gasteiger charge is -2.35. The van der Waals surface area contributed by atoms with E-state index in [9.17, 15) is 13.2 Å². The number of primary sulfonamides is 1. The number of carbonyl (C=O) groups is 1. The average molecular weight is 355 g/mol. The molecule has 1 amide bonds. The molecule has 0 bridgehead atoms. The lowest BCUT2D eigenvalue weighted by molar-refractivity contribution is 0.0195. The second-order valence-electron chi connectivity index (χ2n) is 6.97. The molecule has 1 heterocycles. The fraction of sp³-hybridized carbons (Fsp3) is 0.562. The summed E-state index contributed by atoms with van der Waals surface area (Å²) in [5.74, 6) is 0. The highest BCUT2D eigenvalue weighted by Crippen LogP contribution is 2.14. The monoisotopic (exact) mass is 355 g/mol. The SMILES string of the molecule is CC(C)(C)OC(=O)N1CCN[C@H](Cc2ccc(S(N)(=O)=O)cc2)C1. The minimum atomic E-state index is -3.68. The van der Waals surface area contributed by atoms with Crippen LogP contribution in [0.1, 0.15) is 26.3 Å². The molecule has 1 aliphatic heterocycles. The Bertz CT molecular complexity index is 680. The molecule has 3 N–H and O–H groups in total. The van der Waals surface area contributed by atoms with E-state index in [-0.39, 0.29) is 17.0 Å². The van der Waals surface area contributed by atoms with Gasteiger partial charge >= 0.3 is 6.09 Å². The summed E-state index contributed by atoms with van der Waals surface area (Å²) in [7, 11) is -3.68. The number of ether oxygens (including phenoxy) is 1. The van der Waals surface area contributed by atoms with Crippen molar-refractivity contribution in [1.82, 2.24) is 10.2 Å². The lowest BCUT2D eigenvalue weighted by Crippen LogP contribution is -2.54. The van der Waals surface area contributed by atoms with E-state index < -0.39 is 15.6 Å². The predicted molar refractivity (Wildman–Crippen MR) is 91.1 cm³/mol. The van der Waals surface area contributed by atoms with Gasteiger partial charge in [-0.15, -0.1) is 0 Å². The van der Waals surface area contributed by atoms with Gasteiger partial charge in [-0.2, -0.15) is 0 Å². The highest BCUT2D eigenvalue weighted by atomic mass is 32.2. The normalized spacial score (nSPS) is 19.2. The number of piperazine rings is 1. The number of amides is 1. The van der Waals surface area contributed by atoms with Crippen molar-refractivity contribution in [2.24, 2.45) is 5.14 Å². The molecule has 0 aromatic heterocycles. The Labute approximate surface area is 143 Å². The molecule has 24 heavy (non-hydrogen) atoms. The van der Waals surface area contributed by atoms with E-state index >= 15 is 0 Å². The first-order chi connectivity index (χ1) is 11.0. The number of benzene rings is 1. The molecule has 1 saturated heterocycles. The molecule has 0 aliphatic carbocycles. The summed E-state index contributed by atoms with van der Waals surface area (Å²) >= 11 is 0. The van der Waals surface area contributed by atoms with E-state index in [2.05, 4.69) is 5.32 Å². The van der Waals surface area contributed by atoms with Gasteiger partial charge in [0.15, 0.2) is 0 Å². The number of sulfonamides is 1. The molecule has 0 spiro atoms. The van der Waals surface area contributed by atoms with Gasteiger partial charge in [-0.1, -0.05) is 12.1 Å². The van der Waals surface area contributed by atoms with Crippen LogP contribution in [0.2, 0.25) is 0 Å². The second-order valence-corrected chi connectivity index (χ2v) is 8.53. The topological polar surface area (TPSA) is 102 Å². The van der Waals surface area contributed by atoms with E-state index in [0.29, 0.717) is 26.1 Å². The summed E-state index contributed by atoms with van der Waals surface area (Å²) in [6.45, 7) is 7.38. The second kappa shape index (κ2) is 7.08. The van der Waals surface area contributed by atoms with Crippen LogP contribution in [0.3, 0.4) is 0 Å². The van der Waals surface area contributed by atoms with Gasteiger partial charge < -0.3 is 15.0 Å². The van der Waals surface area contributed by atoms with Crippen molar-refractivity contribution in [2.75, 3.05) is 19.6 Å². The van der Waals surface area contributed by atoms with Crippen molar-refractivity contribution in [3.8, 4) is 0 Å². The van der Waals surface area contributed by atoms with E-state index in [0.717, 1.165) is 5.56 Å². The summed E-state index contributed by atoms with van der Waals surface area (Å²) in [5.41, 5.74) is 0.465. The molecular weight excluding hydrogens is 330 g/mol. The molecule has 8 heteroatoms. The third kappa shape index (κ3) is 5.47. The average Bonchev–Trinajstić information content (AvgIpc) is 2.45. The minimum absolute atomic E-state index is 0.0894. The van der Waals surface area contributed by atoms with Gasteiger partial charge in [0.2, 0.25) is 10.0 Å². The maximum atomic E-state index is 12.2. The molecule has 0 radical (unpaired) electrons. The van der Waals surface area contributed by atoms with E-state index in [1.165, 1.54) is 12.1 Å². The highest BCUT2D eigenvalue weighted by Gasteiger charge is 2.27. The molecule has 1 aliphatic rings. The summed E-state index contributed by atoms with van der Waals surface area (Å²) in [5, 5.41) is 8.46. The smallest absolute Gasteiger partial charge is 0.410 e. The molecule has 1 atom stereocenters. The van der Waals surface area contributed by atoms with Crippen LogP contribution in [-0.2, 0) is 21.2 Å². The Hall–Kier alpha value is -1.64. The first kappa shape index (κ1) is 18.7. The Balaban J connectivity index is 1.97. The van der Waals surface area contributed by atoms with Crippen LogP contribution < -0.4 is 10.5 Å². The Kier molecular flexibility index (Phi) is 5.52. The van der Waals surface area contributed by atoms with Crippen molar-refractivity contribution in [3.05, 3.63) is 29.8 Å². The van der Waals surface area contributed by atoms with Crippen LogP contribution >= 0.6 is 0 Å². The summed E-state index contributed by atoms with van der Waals surface area (Å²) in [6.07, 6.45) is 0.378. The van der Waals surface area contributed by atoms with Crippen molar-refractivity contribution >= 4 is 16.1 Å². The van der Waals surface area contributed by atoms with Gasteiger partial charge in [0.25, 0.3) is 0 Å². The third-order valence-electron chi connectivity index (χ3n) is 3.64. The molecule has 2 rings (SSSR count). The van der Waals surface area contributed by atoms with Crippen LogP contribution in [0.25, 0.3) is 0 Å². The zero-order valence-electron chi connectivity index (χ0n) is 14.3. The number of nitrogens with one attached hydrogen (secondary N) is 1. The molecule has 1 aromatic carbocycles. The van der Waals surface area contributed by atoms with Gasteiger partial charge in [-0.3, -0.25) is 0 Å². The van der Waals surface area contributed by atoms with Crippen molar-refractivity contribution in [1.29, 1.82) is 0 Å². The fourth-order valence-corrected chi connectivity index (χ4v) is 3.07. The number of carbonyl (C=O) groups excluding carboxylic acids is 1. The number of nitrogens with two attached hydrogens (primary N) is 1. The molecule has 0 unspecified atom stereocenters. The van der Waals surface area contributed by atoms with Crippen molar-refractivity contribution < 1.29 is 17.9 Å². The first-order valence-electron chi connectivity index (χ1n) is 7.88. The molecule has 7 nitrogen and oxygen atoms in total. The molecule has 0 saturated carbocycles. The predicted octanol–water partition coefficient (Wildman–Crippen LogP) is 1.09. The van der Waals surface area contributed by atoms with E-state index in [4.69, 9.17) is 9.88 Å². The summed E-state index contributed by atoms with van der Waals surface area (Å²) < 4.78 is 28.0. The number of nitrogens with zero attached hydrogens (tertiary/aromatic N) is 1. The van der Waals surface area contributed by atoms with Crippen LogP contribution in [0.15, 0.2) is 29.2 Å². The largest absolute Gasteiger partial charge is 0.444 e. The molecule has 1 fully saturated rings. The Morgan fingerprint density at radius 1 is 1.33 bits per heavy atom. The van der Waals surface area contributed by atoms with Gasteiger partial charge in [-0.25, -0.2) is 18.4 Å². The number of rotatable bonds is 3. The summed E-state index contributed by atoms with van der Waals surface area (Å²) in [6, 6.07) is 6.58. The molecule has 1 aromatic rings. The molecule has 134 valence electrons. The summed E-state index contributed by atoms with van der Waals surface area (Å²) in [4.78, 5) is 14.0. The Morgan fingerprint density at radius 3 is 2.50 bits per heavy atom. The van der Waals surface area contributed by atoms with E-state index in [1.807, 2.05) is 20.8 Å². The standard InChI is InChI=1S/C16H25N3O4S/c1-16(2,3)23-15(20)19-9-8-18-13(11-19)10-12-4-6-14(7-5-12)24(17,21)22/h4-7,13,18H,8-11H2,1-3H3,(H2,17,21,22)/t13-/m1/s1. The maximum absolute atomic E-state index is 12.2. The van der Waals surface area contributed by atoms with Crippen LogP contribution in [0.5, 0.6) is 0 Å². The number of hydrogen-bond donors (Lipinski definition) is 2. The zero-order valence-corrected chi connectivity index (χ0v) is 15.1. The van der Waals surface area contributed by atoms with Gasteiger partial charge in [0.05, 0.1) is 4.90 Å². The maximum Gasteiger partial charge on any atom is 0.410 e. The fourth-order valence-electron chi connectivity index (χ4n) is 2.55. The van der Waals surface area contributed by atoms with Crippen molar-refractivity contribution in [3.63, 3.8) is 0 Å². The quantitative estimate of drug-likeness (QED) is 0.845. The number of hydrogen-bond acceptors (Lipinski definition) is 5. The van der Waals surface area contributed by atoms with Crippen molar-refractivity contribution in [2.45, 2.75) is 43.7 Å². The first-order valence-corrected chi connectivity index (χ1v) is 9.42. The van der Waals surface area contributed by atoms with Gasteiger partial charge in [0.1, 0.15) is 5.60 Å². The van der Waals surface area contributed by atoms with Crippen LogP contribution in [0.4, 0.5) is 4.79 Å². The van der Waals surface area contributed by atoms with Gasteiger partial charge in [0, 0.05) is 25.7 Å². The minimum Gasteiger partial charge on any atom is -0.444 e. The molecular formula is C16H25N3O4S. The zero-order chi connectivity index (χ0) is 18.0. The Morgan fingerprint density at radius 2 is 1.96 bits per heavy atom. The van der Waals surface area contributed by atoms with E-state index in [1.54, 1.807) is 17.0 Å². The van der Waals surface area contributed by atoms with Gasteiger partial charge in [-0.05, 0) is 44.9 Å². The third-order valence-corrected chi connectivity index (χ3v) is 4.57. The lowest BCUT2D eigenvalue weighted by atomic mass is 10.0. The van der Waals surface area contributed by atoms with Crippen LogP contribution in [-0.4, -0.2) is 50.7 Å². The highest BCUT2D eigenvalue weighted by molar-refractivity contribution is 7.89.